The lowest BCUT2D eigenvalue weighted by molar-refractivity contribution is 0.174. The van der Waals surface area contributed by atoms with Crippen LogP contribution in [0.15, 0.2) is 42.5 Å². The standard InChI is InChI=1S/C18H21NO3/c1-18(11-19,14-4-6-15(20-2)7-5-14)10-13-3-8-16-17(9-13)22-12-21-16/h3-9H,10-12,19H2,1-2H3. The molecule has 0 spiro atoms. The molecule has 116 valence electrons. The van der Waals surface area contributed by atoms with E-state index in [1.54, 1.807) is 7.11 Å². The molecule has 22 heavy (non-hydrogen) atoms. The summed E-state index contributed by atoms with van der Waals surface area (Å²) in [7, 11) is 1.67. The van der Waals surface area contributed by atoms with Crippen molar-refractivity contribution in [3.05, 3.63) is 53.6 Å². The summed E-state index contributed by atoms with van der Waals surface area (Å²) < 4.78 is 16.0. The number of hydrogen-bond acceptors (Lipinski definition) is 4. The normalized spacial score (nSPS) is 15.4. The van der Waals surface area contributed by atoms with Crippen LogP contribution in [0.5, 0.6) is 17.2 Å². The minimum atomic E-state index is -0.139. The van der Waals surface area contributed by atoms with E-state index in [-0.39, 0.29) is 5.41 Å². The fourth-order valence-electron chi connectivity index (χ4n) is 2.79. The Morgan fingerprint density at radius 2 is 1.82 bits per heavy atom. The average Bonchev–Trinajstić information content (AvgIpc) is 3.02. The van der Waals surface area contributed by atoms with Crippen molar-refractivity contribution in [1.29, 1.82) is 0 Å². The van der Waals surface area contributed by atoms with Crippen molar-refractivity contribution in [3.8, 4) is 17.2 Å². The quantitative estimate of drug-likeness (QED) is 0.922. The molecule has 0 saturated heterocycles. The molecule has 0 radical (unpaired) electrons. The molecule has 1 heterocycles. The highest BCUT2D eigenvalue weighted by atomic mass is 16.7. The Morgan fingerprint density at radius 1 is 1.09 bits per heavy atom. The van der Waals surface area contributed by atoms with E-state index in [1.165, 1.54) is 11.1 Å². The van der Waals surface area contributed by atoms with E-state index in [1.807, 2.05) is 24.3 Å². The van der Waals surface area contributed by atoms with E-state index >= 15 is 0 Å². The first-order valence-corrected chi connectivity index (χ1v) is 7.38. The monoisotopic (exact) mass is 299 g/mol. The van der Waals surface area contributed by atoms with Gasteiger partial charge in [0, 0.05) is 12.0 Å². The van der Waals surface area contributed by atoms with Crippen molar-refractivity contribution in [1.82, 2.24) is 0 Å². The van der Waals surface area contributed by atoms with Crippen LogP contribution in [0.25, 0.3) is 0 Å². The summed E-state index contributed by atoms with van der Waals surface area (Å²) >= 11 is 0. The zero-order chi connectivity index (χ0) is 15.6. The second kappa shape index (κ2) is 5.89. The number of fused-ring (bicyclic) bond motifs is 1. The second-order valence-electron chi connectivity index (χ2n) is 5.86. The summed E-state index contributed by atoms with van der Waals surface area (Å²) in [5, 5.41) is 0. The summed E-state index contributed by atoms with van der Waals surface area (Å²) in [6.07, 6.45) is 0.840. The largest absolute Gasteiger partial charge is 0.497 e. The van der Waals surface area contributed by atoms with Gasteiger partial charge in [-0.3, -0.25) is 0 Å². The van der Waals surface area contributed by atoms with Gasteiger partial charge in [-0.1, -0.05) is 25.1 Å². The van der Waals surface area contributed by atoms with E-state index in [9.17, 15) is 0 Å². The van der Waals surface area contributed by atoms with Crippen LogP contribution in [0, 0.1) is 0 Å². The maximum atomic E-state index is 6.08. The van der Waals surface area contributed by atoms with Crippen molar-refractivity contribution in [2.45, 2.75) is 18.8 Å². The van der Waals surface area contributed by atoms with Gasteiger partial charge < -0.3 is 19.9 Å². The van der Waals surface area contributed by atoms with Gasteiger partial charge >= 0.3 is 0 Å². The Labute approximate surface area is 130 Å². The van der Waals surface area contributed by atoms with Gasteiger partial charge in [0.05, 0.1) is 7.11 Å². The second-order valence-corrected chi connectivity index (χ2v) is 5.86. The molecule has 0 saturated carbocycles. The summed E-state index contributed by atoms with van der Waals surface area (Å²) in [5.74, 6) is 2.47. The molecule has 1 atom stereocenters. The molecular weight excluding hydrogens is 278 g/mol. The van der Waals surface area contributed by atoms with E-state index in [2.05, 4.69) is 25.1 Å². The van der Waals surface area contributed by atoms with Gasteiger partial charge in [0.25, 0.3) is 0 Å². The SMILES string of the molecule is COc1ccc(C(C)(CN)Cc2ccc3c(c2)OCO3)cc1. The Bertz CT molecular complexity index is 654. The summed E-state index contributed by atoms with van der Waals surface area (Å²) in [6.45, 7) is 3.04. The van der Waals surface area contributed by atoms with Crippen LogP contribution >= 0.6 is 0 Å². The smallest absolute Gasteiger partial charge is 0.231 e. The predicted molar refractivity (Wildman–Crippen MR) is 85.7 cm³/mol. The highest BCUT2D eigenvalue weighted by molar-refractivity contribution is 5.45. The summed E-state index contributed by atoms with van der Waals surface area (Å²) in [4.78, 5) is 0. The van der Waals surface area contributed by atoms with Gasteiger partial charge in [0.1, 0.15) is 5.75 Å². The molecule has 0 aromatic heterocycles. The maximum absolute atomic E-state index is 6.08. The molecular formula is C18H21NO3. The van der Waals surface area contributed by atoms with Gasteiger partial charge in [0.15, 0.2) is 11.5 Å². The lowest BCUT2D eigenvalue weighted by atomic mass is 9.77. The van der Waals surface area contributed by atoms with Gasteiger partial charge in [-0.05, 0) is 41.8 Å². The van der Waals surface area contributed by atoms with Gasteiger partial charge in [-0.25, -0.2) is 0 Å². The van der Waals surface area contributed by atoms with Gasteiger partial charge in [-0.2, -0.15) is 0 Å². The van der Waals surface area contributed by atoms with Crippen molar-refractivity contribution < 1.29 is 14.2 Å². The van der Waals surface area contributed by atoms with Crippen molar-refractivity contribution in [2.24, 2.45) is 5.73 Å². The Kier molecular flexibility index (Phi) is 3.94. The molecule has 4 nitrogen and oxygen atoms in total. The number of ether oxygens (including phenoxy) is 3. The van der Waals surface area contributed by atoms with Crippen molar-refractivity contribution in [2.75, 3.05) is 20.4 Å². The van der Waals surface area contributed by atoms with Crippen LogP contribution in [0.4, 0.5) is 0 Å². The number of nitrogens with two attached hydrogens (primary N) is 1. The fraction of sp³-hybridized carbons (Fsp3) is 0.333. The van der Waals surface area contributed by atoms with E-state index < -0.39 is 0 Å². The van der Waals surface area contributed by atoms with E-state index in [0.29, 0.717) is 13.3 Å². The van der Waals surface area contributed by atoms with Crippen molar-refractivity contribution in [3.63, 3.8) is 0 Å². The zero-order valence-electron chi connectivity index (χ0n) is 13.0. The Morgan fingerprint density at radius 3 is 2.50 bits per heavy atom. The van der Waals surface area contributed by atoms with Crippen LogP contribution < -0.4 is 19.9 Å². The van der Waals surface area contributed by atoms with Crippen LogP contribution in [0.1, 0.15) is 18.1 Å². The molecule has 1 aliphatic rings. The van der Waals surface area contributed by atoms with Crippen molar-refractivity contribution >= 4 is 0 Å². The van der Waals surface area contributed by atoms with Crippen LogP contribution in [-0.2, 0) is 11.8 Å². The molecule has 1 aliphatic heterocycles. The molecule has 0 aliphatic carbocycles. The first-order chi connectivity index (χ1) is 10.6. The minimum Gasteiger partial charge on any atom is -0.497 e. The maximum Gasteiger partial charge on any atom is 0.231 e. The third-order valence-corrected chi connectivity index (χ3v) is 4.27. The molecule has 0 amide bonds. The summed E-state index contributed by atoms with van der Waals surface area (Å²) in [5.41, 5.74) is 8.33. The molecule has 2 aromatic carbocycles. The third kappa shape index (κ3) is 2.74. The zero-order valence-corrected chi connectivity index (χ0v) is 13.0. The highest BCUT2D eigenvalue weighted by Gasteiger charge is 2.26. The molecule has 4 heteroatoms. The van der Waals surface area contributed by atoms with Gasteiger partial charge in [-0.15, -0.1) is 0 Å². The van der Waals surface area contributed by atoms with Crippen LogP contribution in [0.2, 0.25) is 0 Å². The number of rotatable bonds is 5. The summed E-state index contributed by atoms with van der Waals surface area (Å²) in [6, 6.07) is 14.2. The van der Waals surface area contributed by atoms with Crippen LogP contribution in [0.3, 0.4) is 0 Å². The lowest BCUT2D eigenvalue weighted by Crippen LogP contribution is -2.34. The number of methoxy groups -OCH3 is 1. The van der Waals surface area contributed by atoms with Gasteiger partial charge in [0.2, 0.25) is 6.79 Å². The first-order valence-electron chi connectivity index (χ1n) is 7.38. The van der Waals surface area contributed by atoms with Crippen LogP contribution in [-0.4, -0.2) is 20.4 Å². The Hall–Kier alpha value is -2.20. The number of benzene rings is 2. The topological polar surface area (TPSA) is 53.7 Å². The molecule has 0 fully saturated rings. The molecule has 0 bridgehead atoms. The molecule has 1 unspecified atom stereocenters. The van der Waals surface area contributed by atoms with E-state index in [0.717, 1.165) is 23.7 Å². The Balaban J connectivity index is 1.85. The average molecular weight is 299 g/mol. The molecule has 2 N–H and O–H groups in total. The lowest BCUT2D eigenvalue weighted by Gasteiger charge is -2.29. The number of hydrogen-bond donors (Lipinski definition) is 1. The third-order valence-electron chi connectivity index (χ3n) is 4.27. The molecule has 2 aromatic rings. The first kappa shape index (κ1) is 14.7. The minimum absolute atomic E-state index is 0.139. The highest BCUT2D eigenvalue weighted by Crippen LogP contribution is 2.35. The predicted octanol–water partition coefficient (Wildman–Crippen LogP) is 2.88. The fourth-order valence-corrected chi connectivity index (χ4v) is 2.79. The molecule has 3 rings (SSSR count). The van der Waals surface area contributed by atoms with E-state index in [4.69, 9.17) is 19.9 Å².